The number of nitrogens with one attached hydrogen (secondary N) is 1. The number of halogens is 2. The molecule has 0 aromatic heterocycles. The number of aliphatic carboxylic acids is 1. The summed E-state index contributed by atoms with van der Waals surface area (Å²) in [7, 11) is 0. The Morgan fingerprint density at radius 1 is 1.15 bits per heavy atom. The number of carbonyl (C=O) groups excluding carboxylic acids is 1. The molecule has 1 amide bonds. The van der Waals surface area contributed by atoms with Gasteiger partial charge in [-0.2, -0.15) is 8.78 Å². The highest BCUT2D eigenvalue weighted by atomic mass is 19.3. The maximum Gasteiger partial charge on any atom is 0.336 e. The normalized spacial score (nSPS) is 20.4. The number of aryl methyl sites for hydroxylation is 1. The maximum atomic E-state index is 15.1. The number of carboxylic acid groups (broad SMARTS) is 1. The van der Waals surface area contributed by atoms with Gasteiger partial charge in [0.15, 0.2) is 0 Å². The summed E-state index contributed by atoms with van der Waals surface area (Å²) in [5, 5.41) is 11.8. The summed E-state index contributed by atoms with van der Waals surface area (Å²) in [5.41, 5.74) is -1.39. The molecule has 6 heteroatoms. The van der Waals surface area contributed by atoms with Crippen LogP contribution in [0.2, 0.25) is 0 Å². The first kappa shape index (κ1) is 18.8. The van der Waals surface area contributed by atoms with Gasteiger partial charge in [0.05, 0.1) is 0 Å². The van der Waals surface area contributed by atoms with Crippen molar-refractivity contribution in [3.05, 3.63) is 76.4 Å². The fraction of sp³-hybridized carbons (Fsp3) is 0.238. The first-order chi connectivity index (χ1) is 12.7. The fourth-order valence-electron chi connectivity index (χ4n) is 3.52. The SMILES string of the molecule is CC=Cc1c(C)cccc1C(=O)NC1(C(=O)O)Cc2ccccc2C1(F)F. The van der Waals surface area contributed by atoms with Gasteiger partial charge < -0.3 is 10.4 Å². The van der Waals surface area contributed by atoms with Crippen molar-refractivity contribution >= 4 is 18.0 Å². The second-order valence-electron chi connectivity index (χ2n) is 6.61. The van der Waals surface area contributed by atoms with Crippen LogP contribution in [0.15, 0.2) is 48.5 Å². The minimum atomic E-state index is -3.74. The summed E-state index contributed by atoms with van der Waals surface area (Å²) >= 11 is 0. The lowest BCUT2D eigenvalue weighted by molar-refractivity contribution is -0.163. The van der Waals surface area contributed by atoms with Gasteiger partial charge in [0.2, 0.25) is 5.54 Å². The molecule has 4 nitrogen and oxygen atoms in total. The topological polar surface area (TPSA) is 66.4 Å². The quantitative estimate of drug-likeness (QED) is 0.856. The summed E-state index contributed by atoms with van der Waals surface area (Å²) in [4.78, 5) is 24.8. The predicted molar refractivity (Wildman–Crippen MR) is 97.8 cm³/mol. The first-order valence-corrected chi connectivity index (χ1v) is 8.49. The molecule has 1 aliphatic rings. The van der Waals surface area contributed by atoms with Crippen molar-refractivity contribution in [1.29, 1.82) is 0 Å². The van der Waals surface area contributed by atoms with Crippen LogP contribution in [0, 0.1) is 6.92 Å². The van der Waals surface area contributed by atoms with E-state index < -0.39 is 29.8 Å². The van der Waals surface area contributed by atoms with Gasteiger partial charge in [0, 0.05) is 17.5 Å². The number of rotatable bonds is 4. The second-order valence-corrected chi connectivity index (χ2v) is 6.61. The second kappa shape index (κ2) is 6.61. The van der Waals surface area contributed by atoms with Crippen LogP contribution >= 0.6 is 0 Å². The monoisotopic (exact) mass is 371 g/mol. The molecule has 0 aliphatic heterocycles. The van der Waals surface area contributed by atoms with Gasteiger partial charge in [-0.1, -0.05) is 48.6 Å². The molecule has 0 heterocycles. The highest BCUT2D eigenvalue weighted by molar-refractivity contribution is 6.01. The summed E-state index contributed by atoms with van der Waals surface area (Å²) in [5.74, 6) is -6.35. The fourth-order valence-corrected chi connectivity index (χ4v) is 3.52. The lowest BCUT2D eigenvalue weighted by atomic mass is 9.90. The number of benzene rings is 2. The number of carboxylic acids is 1. The maximum absolute atomic E-state index is 15.1. The average molecular weight is 371 g/mol. The third-order valence-electron chi connectivity index (χ3n) is 4.94. The third kappa shape index (κ3) is 2.81. The van der Waals surface area contributed by atoms with Gasteiger partial charge in [-0.3, -0.25) is 4.79 Å². The minimum absolute atomic E-state index is 0.153. The Morgan fingerprint density at radius 2 is 1.85 bits per heavy atom. The molecule has 2 aromatic rings. The van der Waals surface area contributed by atoms with Crippen LogP contribution in [0.5, 0.6) is 0 Å². The molecule has 0 bridgehead atoms. The Labute approximate surface area is 155 Å². The van der Waals surface area contributed by atoms with Gasteiger partial charge in [-0.25, -0.2) is 4.79 Å². The Kier molecular flexibility index (Phi) is 4.59. The molecular formula is C21H19F2NO3. The van der Waals surface area contributed by atoms with E-state index in [4.69, 9.17) is 0 Å². The van der Waals surface area contributed by atoms with Crippen LogP contribution in [0.4, 0.5) is 8.78 Å². The molecule has 2 aromatic carbocycles. The zero-order chi connectivity index (χ0) is 19.8. The third-order valence-corrected chi connectivity index (χ3v) is 4.94. The smallest absolute Gasteiger partial charge is 0.336 e. The van der Waals surface area contributed by atoms with E-state index in [0.29, 0.717) is 5.56 Å². The summed E-state index contributed by atoms with van der Waals surface area (Å²) in [6.07, 6.45) is 2.94. The molecule has 0 saturated heterocycles. The van der Waals surface area contributed by atoms with Gasteiger partial charge in [-0.15, -0.1) is 0 Å². The van der Waals surface area contributed by atoms with Crippen molar-refractivity contribution in [2.45, 2.75) is 31.7 Å². The lowest BCUT2D eigenvalue weighted by Crippen LogP contribution is -2.62. The van der Waals surface area contributed by atoms with E-state index >= 15 is 8.78 Å². The van der Waals surface area contributed by atoms with Crippen LogP contribution in [-0.4, -0.2) is 22.5 Å². The van der Waals surface area contributed by atoms with Crippen molar-refractivity contribution in [2.75, 3.05) is 0 Å². The van der Waals surface area contributed by atoms with Crippen LogP contribution in [0.1, 0.15) is 39.5 Å². The van der Waals surface area contributed by atoms with E-state index in [1.54, 1.807) is 44.2 Å². The number of fused-ring (bicyclic) bond motifs is 1. The van der Waals surface area contributed by atoms with Crippen LogP contribution < -0.4 is 5.32 Å². The lowest BCUT2D eigenvalue weighted by Gasteiger charge is -2.32. The summed E-state index contributed by atoms with van der Waals surface area (Å²) in [6.45, 7) is 3.56. The van der Waals surface area contributed by atoms with E-state index in [1.165, 1.54) is 24.3 Å². The van der Waals surface area contributed by atoms with Crippen molar-refractivity contribution in [3.63, 3.8) is 0 Å². The van der Waals surface area contributed by atoms with E-state index in [9.17, 15) is 14.7 Å². The molecular weight excluding hydrogens is 352 g/mol. The van der Waals surface area contributed by atoms with Crippen molar-refractivity contribution in [2.24, 2.45) is 0 Å². The number of carbonyl (C=O) groups is 2. The molecule has 0 radical (unpaired) electrons. The number of allylic oxidation sites excluding steroid dienone is 1. The van der Waals surface area contributed by atoms with E-state index in [-0.39, 0.29) is 16.7 Å². The van der Waals surface area contributed by atoms with Crippen LogP contribution in [0.25, 0.3) is 6.08 Å². The van der Waals surface area contributed by atoms with E-state index in [1.807, 2.05) is 0 Å². The molecule has 27 heavy (non-hydrogen) atoms. The molecule has 1 aliphatic carbocycles. The summed E-state index contributed by atoms with van der Waals surface area (Å²) in [6, 6.07) is 10.6. The molecule has 3 rings (SSSR count). The van der Waals surface area contributed by atoms with Gasteiger partial charge in [0.1, 0.15) is 0 Å². The van der Waals surface area contributed by atoms with Gasteiger partial charge in [0.25, 0.3) is 5.91 Å². The van der Waals surface area contributed by atoms with Crippen molar-refractivity contribution < 1.29 is 23.5 Å². The van der Waals surface area contributed by atoms with Crippen LogP contribution in [-0.2, 0) is 17.1 Å². The Balaban J connectivity index is 2.07. The number of hydrogen-bond donors (Lipinski definition) is 2. The molecule has 0 spiro atoms. The molecule has 140 valence electrons. The van der Waals surface area contributed by atoms with Crippen molar-refractivity contribution in [1.82, 2.24) is 5.32 Å². The molecule has 2 N–H and O–H groups in total. The molecule has 1 atom stereocenters. The Bertz CT molecular complexity index is 952. The van der Waals surface area contributed by atoms with E-state index in [0.717, 1.165) is 5.56 Å². The first-order valence-electron chi connectivity index (χ1n) is 8.49. The van der Waals surface area contributed by atoms with Gasteiger partial charge in [-0.05, 0) is 36.6 Å². The Morgan fingerprint density at radius 3 is 2.48 bits per heavy atom. The Hall–Kier alpha value is -3.02. The summed E-state index contributed by atoms with van der Waals surface area (Å²) < 4.78 is 30.2. The largest absolute Gasteiger partial charge is 0.479 e. The highest BCUT2D eigenvalue weighted by Gasteiger charge is 2.66. The van der Waals surface area contributed by atoms with Crippen LogP contribution in [0.3, 0.4) is 0 Å². The number of alkyl halides is 2. The minimum Gasteiger partial charge on any atom is -0.479 e. The molecule has 0 fully saturated rings. The van der Waals surface area contributed by atoms with E-state index in [2.05, 4.69) is 5.32 Å². The standard InChI is InChI=1S/C21H19F2NO3/c1-3-7-15-13(2)8-6-10-16(15)18(25)24-20(19(26)27)12-14-9-4-5-11-17(14)21(20,22)23/h3-11H,12H2,1-2H3,(H,24,25)(H,26,27). The zero-order valence-electron chi connectivity index (χ0n) is 14.9. The van der Waals surface area contributed by atoms with Crippen molar-refractivity contribution in [3.8, 4) is 0 Å². The average Bonchev–Trinajstić information content (AvgIpc) is 2.85. The number of hydrogen-bond acceptors (Lipinski definition) is 2. The number of amides is 1. The predicted octanol–water partition coefficient (Wildman–Crippen LogP) is 3.93. The van der Waals surface area contributed by atoms with Gasteiger partial charge >= 0.3 is 11.9 Å². The molecule has 0 saturated carbocycles. The zero-order valence-corrected chi connectivity index (χ0v) is 14.9. The highest BCUT2D eigenvalue weighted by Crippen LogP contribution is 2.49. The molecule has 1 unspecified atom stereocenters.